The van der Waals surface area contributed by atoms with Gasteiger partial charge in [-0.25, -0.2) is 0 Å². The fourth-order valence-electron chi connectivity index (χ4n) is 1.52. The fraction of sp³-hybridized carbons (Fsp3) is 0.571. The first-order valence-corrected chi connectivity index (χ1v) is 6.14. The van der Waals surface area contributed by atoms with Gasteiger partial charge in [0.05, 0.1) is 6.10 Å². The quantitative estimate of drug-likeness (QED) is 0.796. The van der Waals surface area contributed by atoms with Crippen LogP contribution in [0.4, 0.5) is 0 Å². The zero-order chi connectivity index (χ0) is 12.0. The normalized spacial score (nSPS) is 12.5. The maximum Gasteiger partial charge on any atom is 0.124 e. The average Bonchev–Trinajstić information content (AvgIpc) is 2.29. The lowest BCUT2D eigenvalue weighted by Gasteiger charge is -2.17. The van der Waals surface area contributed by atoms with Crippen LogP contribution in [0.3, 0.4) is 0 Å². The van der Waals surface area contributed by atoms with Gasteiger partial charge in [-0.2, -0.15) is 0 Å². The number of rotatable bonds is 6. The van der Waals surface area contributed by atoms with E-state index in [1.807, 2.05) is 0 Å². The van der Waals surface area contributed by atoms with E-state index >= 15 is 0 Å². The Kier molecular flexibility index (Phi) is 5.33. The molecule has 2 nitrogen and oxygen atoms in total. The van der Waals surface area contributed by atoms with Gasteiger partial charge in [0.2, 0.25) is 0 Å². The second kappa shape index (κ2) is 6.54. The summed E-state index contributed by atoms with van der Waals surface area (Å²) in [6.07, 6.45) is 1.32. The zero-order valence-corrected chi connectivity index (χ0v) is 10.8. The predicted molar refractivity (Wildman–Crippen MR) is 68.9 cm³/mol. The molecule has 0 saturated carbocycles. The molecule has 0 aromatic heterocycles. The van der Waals surface area contributed by atoms with E-state index in [4.69, 9.17) is 4.74 Å². The summed E-state index contributed by atoms with van der Waals surface area (Å²) in [5.41, 5.74) is 2.53. The minimum atomic E-state index is 0.281. The number of nitrogens with one attached hydrogen (secondary N) is 1. The largest absolute Gasteiger partial charge is 0.490 e. The Morgan fingerprint density at radius 1 is 1.31 bits per heavy atom. The third-order valence-corrected chi connectivity index (χ3v) is 2.68. The molecular formula is C14H23NO. The monoisotopic (exact) mass is 221 g/mol. The molecule has 1 aromatic rings. The third-order valence-electron chi connectivity index (χ3n) is 2.68. The highest BCUT2D eigenvalue weighted by Crippen LogP contribution is 2.21. The summed E-state index contributed by atoms with van der Waals surface area (Å²) < 4.78 is 5.91. The number of hydrogen-bond donors (Lipinski definition) is 1. The molecule has 0 bridgehead atoms. The molecule has 1 N–H and O–H groups in total. The minimum Gasteiger partial charge on any atom is -0.490 e. The summed E-state index contributed by atoms with van der Waals surface area (Å²) in [7, 11) is 0. The summed E-state index contributed by atoms with van der Waals surface area (Å²) in [5, 5.41) is 3.34. The van der Waals surface area contributed by atoms with Crippen molar-refractivity contribution < 1.29 is 4.74 Å². The first kappa shape index (κ1) is 13.0. The Labute approximate surface area is 99.0 Å². The van der Waals surface area contributed by atoms with Crippen LogP contribution in [-0.4, -0.2) is 12.6 Å². The summed E-state index contributed by atoms with van der Waals surface area (Å²) in [4.78, 5) is 0. The van der Waals surface area contributed by atoms with Gasteiger partial charge in [-0.15, -0.1) is 0 Å². The van der Waals surface area contributed by atoms with E-state index in [-0.39, 0.29) is 6.10 Å². The smallest absolute Gasteiger partial charge is 0.124 e. The predicted octanol–water partition coefficient (Wildman–Crippen LogP) is 3.28. The van der Waals surface area contributed by atoms with Crippen molar-refractivity contribution in [2.24, 2.45) is 0 Å². The van der Waals surface area contributed by atoms with E-state index in [9.17, 15) is 0 Å². The summed E-state index contributed by atoms with van der Waals surface area (Å²) in [5.74, 6) is 1.01. The van der Waals surface area contributed by atoms with E-state index in [0.29, 0.717) is 0 Å². The Morgan fingerprint density at radius 2 is 2.06 bits per heavy atom. The third kappa shape index (κ3) is 3.86. The van der Waals surface area contributed by atoms with Gasteiger partial charge in [-0.1, -0.05) is 31.5 Å². The van der Waals surface area contributed by atoms with Crippen LogP contribution < -0.4 is 10.1 Å². The zero-order valence-electron chi connectivity index (χ0n) is 10.8. The number of benzene rings is 1. The summed E-state index contributed by atoms with van der Waals surface area (Å²) in [6, 6.07) is 6.38. The van der Waals surface area contributed by atoms with Gasteiger partial charge in [0, 0.05) is 12.1 Å². The van der Waals surface area contributed by atoms with Crippen molar-refractivity contribution in [2.75, 3.05) is 6.54 Å². The molecule has 0 fully saturated rings. The van der Waals surface area contributed by atoms with E-state index in [1.165, 1.54) is 11.1 Å². The van der Waals surface area contributed by atoms with Crippen LogP contribution in [0.5, 0.6) is 5.75 Å². The van der Waals surface area contributed by atoms with Gasteiger partial charge in [0.25, 0.3) is 0 Å². The molecule has 0 amide bonds. The maximum atomic E-state index is 5.91. The van der Waals surface area contributed by atoms with Crippen LogP contribution in [-0.2, 0) is 6.54 Å². The highest BCUT2D eigenvalue weighted by atomic mass is 16.5. The molecule has 0 aliphatic rings. The van der Waals surface area contributed by atoms with Gasteiger partial charge in [-0.3, -0.25) is 0 Å². The molecule has 2 heteroatoms. The Morgan fingerprint density at radius 3 is 2.69 bits per heavy atom. The van der Waals surface area contributed by atoms with Crippen LogP contribution in [0, 0.1) is 6.92 Å². The standard InChI is InChI=1S/C14H23NO/c1-5-12(4)16-14-8-7-11(3)9-13(14)10-15-6-2/h7-9,12,15H,5-6,10H2,1-4H3. The fourth-order valence-corrected chi connectivity index (χ4v) is 1.52. The molecule has 90 valence electrons. The van der Waals surface area contributed by atoms with Crippen LogP contribution in [0.25, 0.3) is 0 Å². The van der Waals surface area contributed by atoms with Gasteiger partial charge in [0.1, 0.15) is 5.75 Å². The van der Waals surface area contributed by atoms with Crippen molar-refractivity contribution in [2.45, 2.75) is 46.8 Å². The number of ether oxygens (including phenoxy) is 1. The van der Waals surface area contributed by atoms with Gasteiger partial charge in [-0.05, 0) is 32.9 Å². The Bertz CT molecular complexity index is 323. The molecule has 1 rings (SSSR count). The van der Waals surface area contributed by atoms with Crippen molar-refractivity contribution in [3.8, 4) is 5.75 Å². The average molecular weight is 221 g/mol. The maximum absolute atomic E-state index is 5.91. The van der Waals surface area contributed by atoms with Crippen molar-refractivity contribution in [1.82, 2.24) is 5.32 Å². The van der Waals surface area contributed by atoms with E-state index in [2.05, 4.69) is 51.2 Å². The minimum absolute atomic E-state index is 0.281. The number of aryl methyl sites for hydroxylation is 1. The van der Waals surface area contributed by atoms with Crippen LogP contribution in [0.2, 0.25) is 0 Å². The highest BCUT2D eigenvalue weighted by molar-refractivity contribution is 5.37. The van der Waals surface area contributed by atoms with Crippen LogP contribution >= 0.6 is 0 Å². The van der Waals surface area contributed by atoms with Crippen molar-refractivity contribution in [1.29, 1.82) is 0 Å². The Balaban J connectivity index is 2.80. The Hall–Kier alpha value is -1.02. The molecule has 1 aromatic carbocycles. The van der Waals surface area contributed by atoms with Crippen molar-refractivity contribution in [3.05, 3.63) is 29.3 Å². The lowest BCUT2D eigenvalue weighted by atomic mass is 10.1. The van der Waals surface area contributed by atoms with Gasteiger partial charge in [0.15, 0.2) is 0 Å². The molecular weight excluding hydrogens is 198 g/mol. The van der Waals surface area contributed by atoms with E-state index in [1.54, 1.807) is 0 Å². The molecule has 0 aliphatic carbocycles. The highest BCUT2D eigenvalue weighted by Gasteiger charge is 2.06. The molecule has 0 aliphatic heterocycles. The molecule has 16 heavy (non-hydrogen) atoms. The molecule has 0 spiro atoms. The van der Waals surface area contributed by atoms with Crippen molar-refractivity contribution >= 4 is 0 Å². The molecule has 1 atom stereocenters. The molecule has 0 radical (unpaired) electrons. The summed E-state index contributed by atoms with van der Waals surface area (Å²) in [6.45, 7) is 10.3. The van der Waals surface area contributed by atoms with E-state index in [0.717, 1.165) is 25.3 Å². The lowest BCUT2D eigenvalue weighted by Crippen LogP contribution is -2.16. The van der Waals surface area contributed by atoms with Gasteiger partial charge < -0.3 is 10.1 Å². The van der Waals surface area contributed by atoms with Crippen LogP contribution in [0.15, 0.2) is 18.2 Å². The molecule has 0 heterocycles. The first-order valence-electron chi connectivity index (χ1n) is 6.14. The van der Waals surface area contributed by atoms with Crippen molar-refractivity contribution in [3.63, 3.8) is 0 Å². The second-order valence-corrected chi connectivity index (χ2v) is 4.23. The van der Waals surface area contributed by atoms with Gasteiger partial charge >= 0.3 is 0 Å². The summed E-state index contributed by atoms with van der Waals surface area (Å²) >= 11 is 0. The topological polar surface area (TPSA) is 21.3 Å². The van der Waals surface area contributed by atoms with E-state index < -0.39 is 0 Å². The number of hydrogen-bond acceptors (Lipinski definition) is 2. The SMILES string of the molecule is CCNCc1cc(C)ccc1OC(C)CC. The molecule has 1 unspecified atom stereocenters. The van der Waals surface area contributed by atoms with Crippen LogP contribution in [0.1, 0.15) is 38.3 Å². The lowest BCUT2D eigenvalue weighted by molar-refractivity contribution is 0.215. The second-order valence-electron chi connectivity index (χ2n) is 4.23. The molecule has 0 saturated heterocycles. The first-order chi connectivity index (χ1) is 7.67.